The minimum absolute atomic E-state index is 0.984. The van der Waals surface area contributed by atoms with E-state index in [0.29, 0.717) is 0 Å². The minimum Gasteiger partial charge on any atom is -0.314 e. The second kappa shape index (κ2) is 6.00. The molecule has 3 rings (SSSR count). The standard InChI is InChI=1S/C17H24N4/c1-13-4-5-16(14(2)10-13)17-15(11-20(3)19-17)12-21-8-6-18-7-9-21/h4-5,10-11,18H,6-9,12H2,1-3H3. The van der Waals surface area contributed by atoms with Crippen LogP contribution in [0.5, 0.6) is 0 Å². The Bertz CT molecular complexity index is 624. The third-order valence-electron chi connectivity index (χ3n) is 4.15. The summed E-state index contributed by atoms with van der Waals surface area (Å²) in [6.45, 7) is 9.68. The van der Waals surface area contributed by atoms with Gasteiger partial charge in [0.25, 0.3) is 0 Å². The van der Waals surface area contributed by atoms with Crippen molar-refractivity contribution in [1.82, 2.24) is 20.0 Å². The number of aryl methyl sites for hydroxylation is 3. The van der Waals surface area contributed by atoms with Crippen LogP contribution in [0.4, 0.5) is 0 Å². The zero-order valence-corrected chi connectivity index (χ0v) is 13.2. The van der Waals surface area contributed by atoms with E-state index in [-0.39, 0.29) is 0 Å². The summed E-state index contributed by atoms with van der Waals surface area (Å²) in [6, 6.07) is 6.61. The Kier molecular flexibility index (Phi) is 4.08. The van der Waals surface area contributed by atoms with Crippen LogP contribution in [0.2, 0.25) is 0 Å². The highest BCUT2D eigenvalue weighted by molar-refractivity contribution is 5.67. The van der Waals surface area contributed by atoms with Crippen molar-refractivity contribution in [2.45, 2.75) is 20.4 Å². The molecule has 1 aromatic carbocycles. The summed E-state index contributed by atoms with van der Waals surface area (Å²) >= 11 is 0. The largest absolute Gasteiger partial charge is 0.314 e. The van der Waals surface area contributed by atoms with Crippen LogP contribution < -0.4 is 5.32 Å². The van der Waals surface area contributed by atoms with Gasteiger partial charge >= 0.3 is 0 Å². The molecule has 0 aliphatic carbocycles. The molecule has 21 heavy (non-hydrogen) atoms. The number of rotatable bonds is 3. The number of aromatic nitrogens is 2. The Morgan fingerprint density at radius 1 is 1.19 bits per heavy atom. The van der Waals surface area contributed by atoms with Gasteiger partial charge in [-0.05, 0) is 19.4 Å². The van der Waals surface area contributed by atoms with Crippen molar-refractivity contribution >= 4 is 0 Å². The zero-order chi connectivity index (χ0) is 14.8. The molecule has 0 unspecified atom stereocenters. The molecule has 0 amide bonds. The molecule has 4 heteroatoms. The third kappa shape index (κ3) is 3.17. The van der Waals surface area contributed by atoms with Gasteiger partial charge in [-0.2, -0.15) is 5.10 Å². The molecule has 0 radical (unpaired) electrons. The maximum atomic E-state index is 4.71. The second-order valence-electron chi connectivity index (χ2n) is 6.02. The van der Waals surface area contributed by atoms with E-state index >= 15 is 0 Å². The van der Waals surface area contributed by atoms with Gasteiger partial charge in [0.2, 0.25) is 0 Å². The lowest BCUT2D eigenvalue weighted by atomic mass is 10.0. The van der Waals surface area contributed by atoms with Crippen molar-refractivity contribution in [3.05, 3.63) is 41.1 Å². The van der Waals surface area contributed by atoms with Gasteiger partial charge in [-0.25, -0.2) is 0 Å². The van der Waals surface area contributed by atoms with E-state index in [2.05, 4.69) is 48.5 Å². The molecule has 2 heterocycles. The molecule has 1 aromatic heterocycles. The van der Waals surface area contributed by atoms with Gasteiger partial charge in [0.15, 0.2) is 0 Å². The van der Waals surface area contributed by atoms with E-state index in [9.17, 15) is 0 Å². The second-order valence-corrected chi connectivity index (χ2v) is 6.02. The van der Waals surface area contributed by atoms with Crippen LogP contribution in [0.1, 0.15) is 16.7 Å². The van der Waals surface area contributed by atoms with E-state index in [0.717, 1.165) is 38.4 Å². The Morgan fingerprint density at radius 3 is 2.67 bits per heavy atom. The summed E-state index contributed by atoms with van der Waals surface area (Å²) in [5.74, 6) is 0. The first-order valence-electron chi connectivity index (χ1n) is 7.67. The van der Waals surface area contributed by atoms with Crippen molar-refractivity contribution in [2.75, 3.05) is 26.2 Å². The van der Waals surface area contributed by atoms with Crippen molar-refractivity contribution in [3.63, 3.8) is 0 Å². The molecular formula is C17H24N4. The van der Waals surface area contributed by atoms with Crippen LogP contribution in [0.15, 0.2) is 24.4 Å². The average Bonchev–Trinajstić information content (AvgIpc) is 2.80. The first-order valence-corrected chi connectivity index (χ1v) is 7.67. The van der Waals surface area contributed by atoms with Crippen molar-refractivity contribution in [3.8, 4) is 11.3 Å². The van der Waals surface area contributed by atoms with E-state index in [1.807, 2.05) is 11.7 Å². The lowest BCUT2D eigenvalue weighted by Crippen LogP contribution is -2.42. The average molecular weight is 284 g/mol. The highest BCUT2D eigenvalue weighted by Crippen LogP contribution is 2.27. The van der Waals surface area contributed by atoms with Crippen LogP contribution in [0.3, 0.4) is 0 Å². The lowest BCUT2D eigenvalue weighted by Gasteiger charge is -2.27. The Morgan fingerprint density at radius 2 is 1.95 bits per heavy atom. The molecule has 1 aliphatic rings. The molecule has 0 spiro atoms. The van der Waals surface area contributed by atoms with E-state index in [1.54, 1.807) is 0 Å². The summed E-state index contributed by atoms with van der Waals surface area (Å²) in [5, 5.41) is 8.12. The van der Waals surface area contributed by atoms with Crippen LogP contribution >= 0.6 is 0 Å². The Labute approximate surface area is 126 Å². The third-order valence-corrected chi connectivity index (χ3v) is 4.15. The minimum atomic E-state index is 0.984. The van der Waals surface area contributed by atoms with Crippen molar-refractivity contribution in [1.29, 1.82) is 0 Å². The van der Waals surface area contributed by atoms with Gasteiger partial charge in [0, 0.05) is 57.1 Å². The maximum Gasteiger partial charge on any atom is 0.0970 e. The predicted octanol–water partition coefficient (Wildman–Crippen LogP) is 2.11. The molecule has 1 saturated heterocycles. The molecule has 1 N–H and O–H groups in total. The molecule has 0 atom stereocenters. The van der Waals surface area contributed by atoms with Crippen LogP contribution in [0, 0.1) is 13.8 Å². The highest BCUT2D eigenvalue weighted by Gasteiger charge is 2.16. The molecule has 2 aromatic rings. The summed E-state index contributed by atoms with van der Waals surface area (Å²) in [4.78, 5) is 2.50. The topological polar surface area (TPSA) is 33.1 Å². The summed E-state index contributed by atoms with van der Waals surface area (Å²) in [5.41, 5.74) is 6.32. The van der Waals surface area contributed by atoms with Crippen LogP contribution in [-0.4, -0.2) is 40.9 Å². The molecule has 112 valence electrons. The molecular weight excluding hydrogens is 260 g/mol. The fourth-order valence-electron chi connectivity index (χ4n) is 3.07. The summed E-state index contributed by atoms with van der Waals surface area (Å²) in [7, 11) is 2.01. The van der Waals surface area contributed by atoms with Gasteiger partial charge in [-0.1, -0.05) is 23.8 Å². The van der Waals surface area contributed by atoms with Gasteiger partial charge in [-0.3, -0.25) is 9.58 Å². The summed E-state index contributed by atoms with van der Waals surface area (Å²) in [6.07, 6.45) is 2.16. The SMILES string of the molecule is Cc1ccc(-c2nn(C)cc2CN2CCNCC2)c(C)c1. The van der Waals surface area contributed by atoms with Crippen LogP contribution in [0.25, 0.3) is 11.3 Å². The highest BCUT2D eigenvalue weighted by atomic mass is 15.3. The number of hydrogen-bond acceptors (Lipinski definition) is 3. The number of piperazine rings is 1. The van der Waals surface area contributed by atoms with Gasteiger partial charge in [0.1, 0.15) is 0 Å². The quantitative estimate of drug-likeness (QED) is 0.937. The molecule has 0 saturated carbocycles. The number of nitrogens with one attached hydrogen (secondary N) is 1. The fourth-order valence-corrected chi connectivity index (χ4v) is 3.07. The van der Waals surface area contributed by atoms with Crippen molar-refractivity contribution in [2.24, 2.45) is 7.05 Å². The molecule has 1 fully saturated rings. The van der Waals surface area contributed by atoms with Crippen LogP contribution in [-0.2, 0) is 13.6 Å². The number of hydrogen-bond donors (Lipinski definition) is 1. The summed E-state index contributed by atoms with van der Waals surface area (Å²) < 4.78 is 1.94. The smallest absolute Gasteiger partial charge is 0.0970 e. The first-order chi connectivity index (χ1) is 10.1. The fraction of sp³-hybridized carbons (Fsp3) is 0.471. The molecule has 0 bridgehead atoms. The molecule has 1 aliphatic heterocycles. The number of benzene rings is 1. The van der Waals surface area contributed by atoms with E-state index in [4.69, 9.17) is 5.10 Å². The first kappa shape index (κ1) is 14.3. The van der Waals surface area contributed by atoms with Gasteiger partial charge in [0.05, 0.1) is 5.69 Å². The van der Waals surface area contributed by atoms with Crippen molar-refractivity contribution < 1.29 is 0 Å². The van der Waals surface area contributed by atoms with Gasteiger partial charge in [-0.15, -0.1) is 0 Å². The van der Waals surface area contributed by atoms with E-state index in [1.165, 1.54) is 22.3 Å². The lowest BCUT2D eigenvalue weighted by molar-refractivity contribution is 0.233. The zero-order valence-electron chi connectivity index (χ0n) is 13.2. The van der Waals surface area contributed by atoms with Gasteiger partial charge < -0.3 is 5.32 Å². The Balaban J connectivity index is 1.91. The predicted molar refractivity (Wildman–Crippen MR) is 86.3 cm³/mol. The molecule has 4 nitrogen and oxygen atoms in total. The number of nitrogens with zero attached hydrogens (tertiary/aromatic N) is 3. The van der Waals surface area contributed by atoms with E-state index < -0.39 is 0 Å². The monoisotopic (exact) mass is 284 g/mol. The normalized spacial score (nSPS) is 16.3. The Hall–Kier alpha value is -1.65. The maximum absolute atomic E-state index is 4.71.